The lowest BCUT2D eigenvalue weighted by molar-refractivity contribution is 0.0730. The third-order valence-electron chi connectivity index (χ3n) is 6.25. The van der Waals surface area contributed by atoms with E-state index in [1.54, 1.807) is 12.1 Å². The molecule has 5 rings (SSSR count). The van der Waals surface area contributed by atoms with E-state index in [-0.39, 0.29) is 10.8 Å². The van der Waals surface area contributed by atoms with E-state index < -0.39 is 10.0 Å². The van der Waals surface area contributed by atoms with Crippen molar-refractivity contribution >= 4 is 21.6 Å². The Labute approximate surface area is 200 Å². The Morgan fingerprint density at radius 3 is 2.09 bits per heavy atom. The van der Waals surface area contributed by atoms with Gasteiger partial charge in [-0.1, -0.05) is 36.4 Å². The predicted molar refractivity (Wildman–Crippen MR) is 130 cm³/mol. The van der Waals surface area contributed by atoms with Crippen LogP contribution in [0, 0.1) is 0 Å². The normalized spacial score (nSPS) is 16.8. The first-order chi connectivity index (χ1) is 16.5. The summed E-state index contributed by atoms with van der Waals surface area (Å²) in [6.07, 6.45) is 0. The number of carbonyl (C=O) groups is 1. The van der Waals surface area contributed by atoms with Crippen LogP contribution < -0.4 is 5.32 Å². The number of amides is 1. The first-order valence-electron chi connectivity index (χ1n) is 11.4. The van der Waals surface area contributed by atoms with E-state index in [4.69, 9.17) is 4.74 Å². The monoisotopic (exact) mass is 477 g/mol. The van der Waals surface area contributed by atoms with Crippen LogP contribution in [0.3, 0.4) is 0 Å². The second-order valence-corrected chi connectivity index (χ2v) is 10.5. The topological polar surface area (TPSA) is 79.0 Å². The van der Waals surface area contributed by atoms with Crippen LogP contribution >= 0.6 is 0 Å². The summed E-state index contributed by atoms with van der Waals surface area (Å²) in [5, 5.41) is 2.84. The van der Waals surface area contributed by atoms with Gasteiger partial charge in [0.25, 0.3) is 5.91 Å². The molecular weight excluding hydrogens is 450 g/mol. The van der Waals surface area contributed by atoms with Gasteiger partial charge in [-0.05, 0) is 53.1 Å². The predicted octanol–water partition coefficient (Wildman–Crippen LogP) is 3.48. The van der Waals surface area contributed by atoms with Crippen molar-refractivity contribution in [1.29, 1.82) is 0 Å². The minimum atomic E-state index is -3.56. The third-order valence-corrected chi connectivity index (χ3v) is 8.16. The summed E-state index contributed by atoms with van der Waals surface area (Å²) in [6.45, 7) is 4.21. The van der Waals surface area contributed by atoms with E-state index in [0.717, 1.165) is 25.2 Å². The van der Waals surface area contributed by atoms with Gasteiger partial charge in [0.15, 0.2) is 0 Å². The second kappa shape index (κ2) is 9.68. The second-order valence-electron chi connectivity index (χ2n) is 8.61. The lowest BCUT2D eigenvalue weighted by Crippen LogP contribution is -2.40. The van der Waals surface area contributed by atoms with Crippen molar-refractivity contribution in [2.45, 2.75) is 24.5 Å². The van der Waals surface area contributed by atoms with Gasteiger partial charge in [-0.15, -0.1) is 0 Å². The van der Waals surface area contributed by atoms with Crippen molar-refractivity contribution in [2.24, 2.45) is 0 Å². The molecule has 0 spiro atoms. The van der Waals surface area contributed by atoms with Gasteiger partial charge in [0.2, 0.25) is 10.0 Å². The Morgan fingerprint density at radius 2 is 1.47 bits per heavy atom. The number of ether oxygens (including phenoxy) is 1. The Balaban J connectivity index is 1.18. The van der Waals surface area contributed by atoms with E-state index in [2.05, 4.69) is 34.5 Å². The van der Waals surface area contributed by atoms with Gasteiger partial charge in [0.05, 0.1) is 18.1 Å². The number of fused-ring (bicyclic) bond motifs is 1. The molecule has 2 heterocycles. The maximum atomic E-state index is 12.7. The van der Waals surface area contributed by atoms with Crippen molar-refractivity contribution in [1.82, 2.24) is 9.21 Å². The molecule has 0 unspecified atom stereocenters. The van der Waals surface area contributed by atoms with Crippen LogP contribution in [0.5, 0.6) is 0 Å². The largest absolute Gasteiger partial charge is 0.379 e. The first-order valence-corrected chi connectivity index (χ1v) is 12.8. The average molecular weight is 478 g/mol. The van der Waals surface area contributed by atoms with E-state index >= 15 is 0 Å². The summed E-state index contributed by atoms with van der Waals surface area (Å²) in [6, 6.07) is 22.4. The zero-order chi connectivity index (χ0) is 23.5. The Kier molecular flexibility index (Phi) is 6.47. The molecule has 7 nitrogen and oxygen atoms in total. The number of rotatable bonds is 6. The fraction of sp³-hybridized carbons (Fsp3) is 0.269. The van der Waals surface area contributed by atoms with Crippen molar-refractivity contribution in [3.8, 4) is 0 Å². The van der Waals surface area contributed by atoms with Crippen LogP contribution in [0.2, 0.25) is 0 Å². The summed E-state index contributed by atoms with van der Waals surface area (Å²) in [7, 11) is -3.56. The van der Waals surface area contributed by atoms with Crippen molar-refractivity contribution in [2.75, 3.05) is 31.6 Å². The molecule has 1 amide bonds. The Hall–Kier alpha value is -3.04. The van der Waals surface area contributed by atoms with E-state index in [1.807, 2.05) is 24.3 Å². The zero-order valence-corrected chi connectivity index (χ0v) is 19.6. The van der Waals surface area contributed by atoms with Gasteiger partial charge in [-0.3, -0.25) is 9.69 Å². The summed E-state index contributed by atoms with van der Waals surface area (Å²) in [5.41, 5.74) is 5.01. The molecule has 34 heavy (non-hydrogen) atoms. The minimum Gasteiger partial charge on any atom is -0.379 e. The molecule has 0 bridgehead atoms. The van der Waals surface area contributed by atoms with Gasteiger partial charge in [-0.25, -0.2) is 8.42 Å². The zero-order valence-electron chi connectivity index (χ0n) is 18.8. The average Bonchev–Trinajstić information content (AvgIpc) is 3.27. The van der Waals surface area contributed by atoms with Crippen LogP contribution in [0.1, 0.15) is 27.0 Å². The van der Waals surface area contributed by atoms with E-state index in [9.17, 15) is 13.2 Å². The smallest absolute Gasteiger partial charge is 0.255 e. The van der Waals surface area contributed by atoms with Gasteiger partial charge < -0.3 is 10.1 Å². The van der Waals surface area contributed by atoms with Crippen molar-refractivity contribution in [3.05, 3.63) is 95.1 Å². The highest BCUT2D eigenvalue weighted by Crippen LogP contribution is 2.24. The molecule has 3 aromatic carbocycles. The number of nitrogens with zero attached hydrogens (tertiary/aromatic N) is 2. The maximum absolute atomic E-state index is 12.7. The molecule has 0 atom stereocenters. The number of anilines is 1. The molecule has 2 aliphatic rings. The number of nitrogens with one attached hydrogen (secondary N) is 1. The fourth-order valence-electron chi connectivity index (χ4n) is 4.38. The Bertz CT molecular complexity index is 1240. The molecule has 2 aliphatic heterocycles. The van der Waals surface area contributed by atoms with Gasteiger partial charge in [0, 0.05) is 44.0 Å². The van der Waals surface area contributed by atoms with Crippen molar-refractivity contribution < 1.29 is 17.9 Å². The molecule has 1 N–H and O–H groups in total. The molecule has 3 aromatic rings. The molecule has 0 radical (unpaired) electrons. The van der Waals surface area contributed by atoms with E-state index in [1.165, 1.54) is 27.6 Å². The molecule has 1 fully saturated rings. The summed E-state index contributed by atoms with van der Waals surface area (Å²) >= 11 is 0. The lowest BCUT2D eigenvalue weighted by atomic mass is 10.1. The van der Waals surface area contributed by atoms with Gasteiger partial charge in [0.1, 0.15) is 0 Å². The highest BCUT2D eigenvalue weighted by molar-refractivity contribution is 7.89. The maximum Gasteiger partial charge on any atom is 0.255 e. The van der Waals surface area contributed by atoms with Crippen LogP contribution in [-0.4, -0.2) is 49.8 Å². The number of sulfonamides is 1. The number of benzene rings is 3. The summed E-state index contributed by atoms with van der Waals surface area (Å²) in [5.74, 6) is -0.232. The standard InChI is InChI=1S/C26H27N3O4S/c30-26(27-24-9-11-25(12-10-24)34(31,32)29-13-15-33-16-14-29)21-7-5-20(6-8-21)17-28-18-22-3-1-2-4-23(22)19-28/h1-12H,13-19H2,(H,27,30). The molecule has 0 aromatic heterocycles. The fourth-order valence-corrected chi connectivity index (χ4v) is 5.79. The quantitative estimate of drug-likeness (QED) is 0.588. The van der Waals surface area contributed by atoms with Crippen LogP contribution in [0.4, 0.5) is 5.69 Å². The number of hydrogen-bond donors (Lipinski definition) is 1. The number of morpholine rings is 1. The molecule has 0 saturated carbocycles. The SMILES string of the molecule is O=C(Nc1ccc(S(=O)(=O)N2CCOCC2)cc1)c1ccc(CN2Cc3ccccc3C2)cc1. The lowest BCUT2D eigenvalue weighted by Gasteiger charge is -2.26. The van der Waals surface area contributed by atoms with Crippen molar-refractivity contribution in [3.63, 3.8) is 0 Å². The van der Waals surface area contributed by atoms with Crippen LogP contribution in [0.15, 0.2) is 77.7 Å². The van der Waals surface area contributed by atoms with Gasteiger partial charge in [-0.2, -0.15) is 4.31 Å². The van der Waals surface area contributed by atoms with Gasteiger partial charge >= 0.3 is 0 Å². The first kappa shape index (κ1) is 22.7. The van der Waals surface area contributed by atoms with E-state index in [0.29, 0.717) is 37.6 Å². The molecule has 176 valence electrons. The number of hydrogen-bond acceptors (Lipinski definition) is 5. The third kappa shape index (κ3) is 4.90. The van der Waals surface area contributed by atoms with Crippen LogP contribution in [-0.2, 0) is 34.4 Å². The molecular formula is C26H27N3O4S. The molecule has 0 aliphatic carbocycles. The number of carbonyl (C=O) groups excluding carboxylic acids is 1. The Morgan fingerprint density at radius 1 is 0.853 bits per heavy atom. The molecule has 1 saturated heterocycles. The van der Waals surface area contributed by atoms with Crippen LogP contribution in [0.25, 0.3) is 0 Å². The summed E-state index contributed by atoms with van der Waals surface area (Å²) < 4.78 is 32.1. The highest BCUT2D eigenvalue weighted by atomic mass is 32.2. The minimum absolute atomic E-state index is 0.209. The summed E-state index contributed by atoms with van der Waals surface area (Å²) in [4.78, 5) is 15.3. The highest BCUT2D eigenvalue weighted by Gasteiger charge is 2.26. The molecule has 8 heteroatoms.